The monoisotopic (exact) mass is 352 g/mol. The van der Waals surface area contributed by atoms with E-state index in [1.54, 1.807) is 30.5 Å². The minimum absolute atomic E-state index is 0.144. The summed E-state index contributed by atoms with van der Waals surface area (Å²) in [4.78, 5) is 17.3. The number of aromatic nitrogens is 3. The minimum atomic E-state index is -0.321. The molecule has 0 bridgehead atoms. The molecule has 1 fully saturated rings. The summed E-state index contributed by atoms with van der Waals surface area (Å²) in [6, 6.07) is 8.57. The molecule has 2 heterocycles. The first kappa shape index (κ1) is 16.7. The fraction of sp³-hybridized carbons (Fsp3) is 0.350. The molecule has 0 atom stereocenters. The lowest BCUT2D eigenvalue weighted by Crippen LogP contribution is -2.23. The Labute approximate surface area is 151 Å². The van der Waals surface area contributed by atoms with Gasteiger partial charge in [0.1, 0.15) is 5.82 Å². The van der Waals surface area contributed by atoms with Gasteiger partial charge in [0, 0.05) is 17.8 Å². The third-order valence-electron chi connectivity index (χ3n) is 5.01. The fourth-order valence-electron chi connectivity index (χ4n) is 3.66. The smallest absolute Gasteiger partial charge is 0.252 e. The van der Waals surface area contributed by atoms with Crippen LogP contribution in [0.15, 0.2) is 36.5 Å². The van der Waals surface area contributed by atoms with Crippen molar-refractivity contribution in [2.75, 3.05) is 0 Å². The first-order valence-electron chi connectivity index (χ1n) is 9.00. The predicted octanol–water partition coefficient (Wildman–Crippen LogP) is 3.92. The van der Waals surface area contributed by atoms with Crippen molar-refractivity contribution < 1.29 is 9.18 Å². The molecule has 2 aromatic heterocycles. The van der Waals surface area contributed by atoms with E-state index in [0.29, 0.717) is 17.2 Å². The lowest BCUT2D eigenvalue weighted by atomic mass is 10.1. The van der Waals surface area contributed by atoms with Crippen LogP contribution in [-0.4, -0.2) is 20.7 Å². The summed E-state index contributed by atoms with van der Waals surface area (Å²) in [6.07, 6.45) is 6.32. The lowest BCUT2D eigenvalue weighted by Gasteiger charge is -2.12. The summed E-state index contributed by atoms with van der Waals surface area (Å²) < 4.78 is 15.7. The second-order valence-corrected chi connectivity index (χ2v) is 6.85. The number of halogens is 1. The van der Waals surface area contributed by atoms with Crippen molar-refractivity contribution >= 4 is 16.9 Å². The van der Waals surface area contributed by atoms with Crippen LogP contribution in [0.25, 0.3) is 11.0 Å². The topological polar surface area (TPSA) is 59.8 Å². The van der Waals surface area contributed by atoms with Crippen LogP contribution in [0, 0.1) is 12.7 Å². The van der Waals surface area contributed by atoms with Crippen LogP contribution in [-0.2, 0) is 6.54 Å². The number of amides is 1. The van der Waals surface area contributed by atoms with Crippen LogP contribution in [0.4, 0.5) is 4.39 Å². The molecular weight excluding hydrogens is 331 g/mol. The van der Waals surface area contributed by atoms with E-state index in [1.165, 1.54) is 18.9 Å². The number of fused-ring (bicyclic) bond motifs is 1. The molecular formula is C20H21FN4O. The van der Waals surface area contributed by atoms with Gasteiger partial charge >= 0.3 is 0 Å². The summed E-state index contributed by atoms with van der Waals surface area (Å²) in [6.45, 7) is 2.02. The summed E-state index contributed by atoms with van der Waals surface area (Å²) >= 11 is 0. The quantitative estimate of drug-likeness (QED) is 0.774. The summed E-state index contributed by atoms with van der Waals surface area (Å²) in [7, 11) is 0. The highest BCUT2D eigenvalue weighted by Crippen LogP contribution is 2.32. The number of carbonyl (C=O) groups excluding carboxylic acids is 1. The maximum absolute atomic E-state index is 13.8. The molecule has 1 aliphatic carbocycles. The maximum atomic E-state index is 13.8. The number of nitrogens with zero attached hydrogens (tertiary/aromatic N) is 3. The Balaban J connectivity index is 1.63. The second-order valence-electron chi connectivity index (χ2n) is 6.85. The summed E-state index contributed by atoms with van der Waals surface area (Å²) in [5.41, 5.74) is 2.53. The van der Waals surface area contributed by atoms with Gasteiger partial charge in [0.2, 0.25) is 0 Å². The Kier molecular flexibility index (Phi) is 4.41. The van der Waals surface area contributed by atoms with Crippen molar-refractivity contribution in [2.24, 2.45) is 0 Å². The molecule has 6 heteroatoms. The SMILES string of the molecule is Cc1cc(C(=O)NCc2ccccc2F)c2cnn(C3CCCC3)c2n1. The number of hydrogen-bond acceptors (Lipinski definition) is 3. The molecule has 26 heavy (non-hydrogen) atoms. The zero-order valence-electron chi connectivity index (χ0n) is 14.7. The zero-order valence-corrected chi connectivity index (χ0v) is 14.7. The number of hydrogen-bond donors (Lipinski definition) is 1. The Morgan fingerprint density at radius 1 is 1.31 bits per heavy atom. The van der Waals surface area contributed by atoms with Gasteiger partial charge in [-0.1, -0.05) is 31.0 Å². The molecule has 0 unspecified atom stereocenters. The van der Waals surface area contributed by atoms with E-state index < -0.39 is 0 Å². The van der Waals surface area contributed by atoms with E-state index in [0.717, 1.165) is 29.6 Å². The molecule has 134 valence electrons. The van der Waals surface area contributed by atoms with Gasteiger partial charge in [-0.25, -0.2) is 14.1 Å². The van der Waals surface area contributed by atoms with E-state index in [9.17, 15) is 9.18 Å². The third kappa shape index (κ3) is 3.07. The van der Waals surface area contributed by atoms with E-state index in [2.05, 4.69) is 15.4 Å². The molecule has 1 saturated carbocycles. The summed E-state index contributed by atoms with van der Waals surface area (Å²) in [5, 5.41) is 8.06. The van der Waals surface area contributed by atoms with Crippen molar-refractivity contribution in [3.8, 4) is 0 Å². The Morgan fingerprint density at radius 3 is 2.85 bits per heavy atom. The van der Waals surface area contributed by atoms with Crippen LogP contribution in [0.1, 0.15) is 53.3 Å². The largest absolute Gasteiger partial charge is 0.348 e. The number of nitrogens with one attached hydrogen (secondary N) is 1. The molecule has 1 aliphatic rings. The highest BCUT2D eigenvalue weighted by atomic mass is 19.1. The number of pyridine rings is 1. The average Bonchev–Trinajstić information content (AvgIpc) is 3.29. The van der Waals surface area contributed by atoms with Gasteiger partial charge in [-0.05, 0) is 31.9 Å². The molecule has 1 amide bonds. The van der Waals surface area contributed by atoms with E-state index in [4.69, 9.17) is 0 Å². The molecule has 3 aromatic rings. The van der Waals surface area contributed by atoms with Crippen LogP contribution in [0.3, 0.4) is 0 Å². The van der Waals surface area contributed by atoms with Gasteiger partial charge in [0.15, 0.2) is 5.65 Å². The normalized spacial score (nSPS) is 14.8. The molecule has 0 spiro atoms. The second kappa shape index (κ2) is 6.86. The number of aryl methyl sites for hydroxylation is 1. The van der Waals surface area contributed by atoms with Gasteiger partial charge in [-0.15, -0.1) is 0 Å². The maximum Gasteiger partial charge on any atom is 0.252 e. The molecule has 1 N–H and O–H groups in total. The Morgan fingerprint density at radius 2 is 2.08 bits per heavy atom. The van der Waals surface area contributed by atoms with Crippen LogP contribution in [0.5, 0.6) is 0 Å². The lowest BCUT2D eigenvalue weighted by molar-refractivity contribution is 0.0952. The first-order valence-corrected chi connectivity index (χ1v) is 9.00. The van der Waals surface area contributed by atoms with Gasteiger partial charge in [0.05, 0.1) is 23.2 Å². The molecule has 4 rings (SSSR count). The van der Waals surface area contributed by atoms with Gasteiger partial charge in [-0.3, -0.25) is 4.79 Å². The molecule has 5 nitrogen and oxygen atoms in total. The Bertz CT molecular complexity index is 960. The van der Waals surface area contributed by atoms with Crippen LogP contribution < -0.4 is 5.32 Å². The highest BCUT2D eigenvalue weighted by Gasteiger charge is 2.22. The van der Waals surface area contributed by atoms with E-state index >= 15 is 0 Å². The van der Waals surface area contributed by atoms with Crippen molar-refractivity contribution in [1.82, 2.24) is 20.1 Å². The van der Waals surface area contributed by atoms with Gasteiger partial charge in [0.25, 0.3) is 5.91 Å². The average molecular weight is 352 g/mol. The van der Waals surface area contributed by atoms with Crippen LogP contribution in [0.2, 0.25) is 0 Å². The first-order chi connectivity index (χ1) is 12.6. The minimum Gasteiger partial charge on any atom is -0.348 e. The van der Waals surface area contributed by atoms with Gasteiger partial charge < -0.3 is 5.32 Å². The molecule has 0 radical (unpaired) electrons. The molecule has 1 aromatic carbocycles. The fourth-order valence-corrected chi connectivity index (χ4v) is 3.66. The number of benzene rings is 1. The van der Waals surface area contributed by atoms with Crippen molar-refractivity contribution in [3.63, 3.8) is 0 Å². The van der Waals surface area contributed by atoms with Gasteiger partial charge in [-0.2, -0.15) is 5.10 Å². The van der Waals surface area contributed by atoms with Crippen LogP contribution >= 0.6 is 0 Å². The highest BCUT2D eigenvalue weighted by molar-refractivity contribution is 6.05. The molecule has 0 aliphatic heterocycles. The van der Waals surface area contributed by atoms with Crippen molar-refractivity contribution in [1.29, 1.82) is 0 Å². The third-order valence-corrected chi connectivity index (χ3v) is 5.01. The standard InChI is InChI=1S/C20H21FN4O/c1-13-10-16(20(26)22-11-14-6-2-5-9-18(14)21)17-12-23-25(19(17)24-13)15-7-3-4-8-15/h2,5-6,9-10,12,15H,3-4,7-8,11H2,1H3,(H,22,26). The number of rotatable bonds is 4. The number of carbonyl (C=O) groups is 1. The zero-order chi connectivity index (χ0) is 18.1. The van der Waals surface area contributed by atoms with Crippen molar-refractivity contribution in [2.45, 2.75) is 45.2 Å². The Hall–Kier alpha value is -2.76. The van der Waals surface area contributed by atoms with E-state index in [1.807, 2.05) is 11.6 Å². The van der Waals surface area contributed by atoms with E-state index in [-0.39, 0.29) is 18.3 Å². The summed E-state index contributed by atoms with van der Waals surface area (Å²) in [5.74, 6) is -0.562. The van der Waals surface area contributed by atoms with Crippen molar-refractivity contribution in [3.05, 3.63) is 59.2 Å². The predicted molar refractivity (Wildman–Crippen MR) is 97.3 cm³/mol. The molecule has 0 saturated heterocycles.